The van der Waals surface area contributed by atoms with Crippen molar-refractivity contribution in [2.75, 3.05) is 39.4 Å². The Hall–Kier alpha value is -1.43. The Morgan fingerprint density at radius 1 is 1.17 bits per heavy atom. The van der Waals surface area contributed by atoms with Crippen LogP contribution in [0.5, 0.6) is 0 Å². The molecule has 0 radical (unpaired) electrons. The van der Waals surface area contributed by atoms with Crippen molar-refractivity contribution < 1.29 is 9.53 Å². The maximum Gasteiger partial charge on any atom is 0.264 e. The van der Waals surface area contributed by atoms with Gasteiger partial charge in [-0.3, -0.25) is 9.69 Å². The predicted molar refractivity (Wildman–Crippen MR) is 93.1 cm³/mol. The van der Waals surface area contributed by atoms with Crippen LogP contribution in [0, 0.1) is 0 Å². The van der Waals surface area contributed by atoms with E-state index in [1.165, 1.54) is 10.1 Å². The van der Waals surface area contributed by atoms with Crippen LogP contribution < -0.4 is 0 Å². The maximum absolute atomic E-state index is 12.8. The molecule has 2 fully saturated rings. The first kappa shape index (κ1) is 15.1. The number of benzene rings is 1. The predicted octanol–water partition coefficient (Wildman–Crippen LogP) is 2.84. The van der Waals surface area contributed by atoms with E-state index in [4.69, 9.17) is 4.74 Å². The summed E-state index contributed by atoms with van der Waals surface area (Å²) >= 11 is 1.61. The van der Waals surface area contributed by atoms with Gasteiger partial charge in [-0.15, -0.1) is 11.3 Å². The number of carbonyl (C=O) groups excluding carboxylic acids is 1. The van der Waals surface area contributed by atoms with E-state index in [0.29, 0.717) is 6.04 Å². The standard InChI is InChI=1S/C18H22N2O2S/c21-18(17-12-14-4-1-2-5-16(14)23-17)20-8-3-7-19(9-10-20)15-6-11-22-13-15/h1-2,4-5,12,15H,3,6-11,13H2. The Bertz CT molecular complexity index is 660. The van der Waals surface area contributed by atoms with Crippen LogP contribution in [0.25, 0.3) is 10.1 Å². The summed E-state index contributed by atoms with van der Waals surface area (Å²) in [7, 11) is 0. The fourth-order valence-corrected chi connectivity index (χ4v) is 4.59. The Balaban J connectivity index is 1.45. The Morgan fingerprint density at radius 2 is 2.09 bits per heavy atom. The van der Waals surface area contributed by atoms with Crippen molar-refractivity contribution in [2.24, 2.45) is 0 Å². The fraction of sp³-hybridized carbons (Fsp3) is 0.500. The molecule has 1 atom stereocenters. The van der Waals surface area contributed by atoms with E-state index in [0.717, 1.165) is 57.1 Å². The number of nitrogens with zero attached hydrogens (tertiary/aromatic N) is 2. The molecule has 0 spiro atoms. The minimum Gasteiger partial charge on any atom is -0.380 e. The van der Waals surface area contributed by atoms with Gasteiger partial charge in [0.1, 0.15) is 0 Å². The second-order valence-electron chi connectivity index (χ2n) is 6.35. The Morgan fingerprint density at radius 3 is 2.91 bits per heavy atom. The second kappa shape index (κ2) is 6.59. The van der Waals surface area contributed by atoms with Crippen LogP contribution in [0.15, 0.2) is 30.3 Å². The van der Waals surface area contributed by atoms with Gasteiger partial charge in [-0.25, -0.2) is 0 Å². The number of fused-ring (bicyclic) bond motifs is 1. The summed E-state index contributed by atoms with van der Waals surface area (Å²) < 4.78 is 6.70. The third-order valence-corrected chi connectivity index (χ3v) is 5.98. The van der Waals surface area contributed by atoms with E-state index in [9.17, 15) is 4.79 Å². The molecule has 5 heteroatoms. The summed E-state index contributed by atoms with van der Waals surface area (Å²) in [6, 6.07) is 10.8. The van der Waals surface area contributed by atoms with Crippen molar-refractivity contribution in [1.29, 1.82) is 0 Å². The van der Waals surface area contributed by atoms with Crippen LogP contribution in [-0.2, 0) is 4.74 Å². The SMILES string of the molecule is O=C(c1cc2ccccc2s1)N1CCCN(C2CCOC2)CC1. The molecule has 3 heterocycles. The van der Waals surface area contributed by atoms with Gasteiger partial charge in [0.05, 0.1) is 11.5 Å². The molecule has 1 aromatic carbocycles. The zero-order chi connectivity index (χ0) is 15.6. The lowest BCUT2D eigenvalue weighted by molar-refractivity contribution is 0.0761. The Labute approximate surface area is 140 Å². The van der Waals surface area contributed by atoms with Gasteiger partial charge >= 0.3 is 0 Å². The van der Waals surface area contributed by atoms with E-state index in [2.05, 4.69) is 17.0 Å². The molecule has 1 unspecified atom stereocenters. The highest BCUT2D eigenvalue weighted by molar-refractivity contribution is 7.20. The number of hydrogen-bond acceptors (Lipinski definition) is 4. The van der Waals surface area contributed by atoms with Gasteiger partial charge in [-0.1, -0.05) is 18.2 Å². The van der Waals surface area contributed by atoms with Crippen LogP contribution >= 0.6 is 11.3 Å². The molecule has 1 amide bonds. The van der Waals surface area contributed by atoms with Crippen LogP contribution in [0.1, 0.15) is 22.5 Å². The number of hydrogen-bond donors (Lipinski definition) is 0. The first-order chi connectivity index (χ1) is 11.3. The molecule has 0 N–H and O–H groups in total. The van der Waals surface area contributed by atoms with Crippen molar-refractivity contribution in [2.45, 2.75) is 18.9 Å². The summed E-state index contributed by atoms with van der Waals surface area (Å²) in [4.78, 5) is 18.2. The second-order valence-corrected chi connectivity index (χ2v) is 7.43. The van der Waals surface area contributed by atoms with Crippen LogP contribution in [-0.4, -0.2) is 61.1 Å². The first-order valence-corrected chi connectivity index (χ1v) is 9.22. The van der Waals surface area contributed by atoms with E-state index >= 15 is 0 Å². The largest absolute Gasteiger partial charge is 0.380 e. The van der Waals surface area contributed by atoms with Crippen molar-refractivity contribution >= 4 is 27.3 Å². The normalized spacial score (nSPS) is 23.3. The van der Waals surface area contributed by atoms with Crippen LogP contribution in [0.3, 0.4) is 0 Å². The fourth-order valence-electron chi connectivity index (χ4n) is 3.56. The molecule has 0 bridgehead atoms. The molecule has 4 rings (SSSR count). The van der Waals surface area contributed by atoms with Crippen LogP contribution in [0.4, 0.5) is 0 Å². The average molecular weight is 330 g/mol. The molecular formula is C18H22N2O2S. The lowest BCUT2D eigenvalue weighted by Gasteiger charge is -2.26. The summed E-state index contributed by atoms with van der Waals surface area (Å²) in [5.74, 6) is 0.190. The van der Waals surface area contributed by atoms with E-state index in [-0.39, 0.29) is 5.91 Å². The number of rotatable bonds is 2. The molecule has 1 aromatic heterocycles. The molecule has 23 heavy (non-hydrogen) atoms. The van der Waals surface area contributed by atoms with E-state index in [1.54, 1.807) is 11.3 Å². The first-order valence-electron chi connectivity index (χ1n) is 8.41. The lowest BCUT2D eigenvalue weighted by atomic mass is 10.2. The zero-order valence-electron chi connectivity index (χ0n) is 13.2. The highest BCUT2D eigenvalue weighted by atomic mass is 32.1. The third-order valence-electron chi connectivity index (χ3n) is 4.88. The molecular weight excluding hydrogens is 308 g/mol. The molecule has 0 aliphatic carbocycles. The van der Waals surface area contributed by atoms with Crippen molar-refractivity contribution in [3.8, 4) is 0 Å². The lowest BCUT2D eigenvalue weighted by Crippen LogP contribution is -2.39. The zero-order valence-corrected chi connectivity index (χ0v) is 14.1. The van der Waals surface area contributed by atoms with Gasteiger partial charge in [0.2, 0.25) is 0 Å². The molecule has 2 saturated heterocycles. The highest BCUT2D eigenvalue weighted by Crippen LogP contribution is 2.26. The topological polar surface area (TPSA) is 32.8 Å². The number of amides is 1. The van der Waals surface area contributed by atoms with Gasteiger partial charge in [0, 0.05) is 43.5 Å². The monoisotopic (exact) mass is 330 g/mol. The smallest absolute Gasteiger partial charge is 0.264 e. The van der Waals surface area contributed by atoms with Gasteiger partial charge in [-0.05, 0) is 30.4 Å². The minimum atomic E-state index is 0.190. The van der Waals surface area contributed by atoms with E-state index in [1.807, 2.05) is 23.1 Å². The summed E-state index contributed by atoms with van der Waals surface area (Å²) in [6.45, 7) is 5.45. The summed E-state index contributed by atoms with van der Waals surface area (Å²) in [5, 5.41) is 1.17. The third kappa shape index (κ3) is 3.13. The molecule has 122 valence electrons. The molecule has 2 aromatic rings. The average Bonchev–Trinajstić information content (AvgIpc) is 3.19. The van der Waals surface area contributed by atoms with Crippen molar-refractivity contribution in [3.05, 3.63) is 35.2 Å². The number of thiophene rings is 1. The Kier molecular flexibility index (Phi) is 4.33. The maximum atomic E-state index is 12.8. The van der Waals surface area contributed by atoms with Crippen LogP contribution in [0.2, 0.25) is 0 Å². The van der Waals surface area contributed by atoms with E-state index < -0.39 is 0 Å². The molecule has 0 saturated carbocycles. The summed E-state index contributed by atoms with van der Waals surface area (Å²) in [5.41, 5.74) is 0. The number of carbonyl (C=O) groups is 1. The number of ether oxygens (including phenoxy) is 1. The highest BCUT2D eigenvalue weighted by Gasteiger charge is 2.27. The molecule has 4 nitrogen and oxygen atoms in total. The molecule has 2 aliphatic rings. The van der Waals surface area contributed by atoms with Gasteiger partial charge in [0.15, 0.2) is 0 Å². The molecule has 2 aliphatic heterocycles. The van der Waals surface area contributed by atoms with Gasteiger partial charge in [-0.2, -0.15) is 0 Å². The quantitative estimate of drug-likeness (QED) is 0.849. The summed E-state index contributed by atoms with van der Waals surface area (Å²) in [6.07, 6.45) is 2.18. The van der Waals surface area contributed by atoms with Gasteiger partial charge in [0.25, 0.3) is 5.91 Å². The minimum absolute atomic E-state index is 0.190. The van der Waals surface area contributed by atoms with Crippen molar-refractivity contribution in [3.63, 3.8) is 0 Å². The van der Waals surface area contributed by atoms with Gasteiger partial charge < -0.3 is 9.64 Å². The van der Waals surface area contributed by atoms with Crippen molar-refractivity contribution in [1.82, 2.24) is 9.80 Å².